The zero-order valence-corrected chi connectivity index (χ0v) is 12.0. The van der Waals surface area contributed by atoms with E-state index in [2.05, 4.69) is 29.0 Å². The summed E-state index contributed by atoms with van der Waals surface area (Å²) < 4.78 is 0. The van der Waals surface area contributed by atoms with E-state index in [0.29, 0.717) is 24.2 Å². The Morgan fingerprint density at radius 1 is 1.44 bits per heavy atom. The summed E-state index contributed by atoms with van der Waals surface area (Å²) in [6.07, 6.45) is 0. The first-order valence-electron chi connectivity index (χ1n) is 6.32. The molecule has 1 rings (SSSR count). The maximum atomic E-state index is 9.06. The maximum absolute atomic E-state index is 9.06. The zero-order chi connectivity index (χ0) is 13.5. The molecule has 4 nitrogen and oxygen atoms in total. The number of nitrogens with one attached hydrogen (secondary N) is 1. The van der Waals surface area contributed by atoms with Gasteiger partial charge in [-0.1, -0.05) is 11.6 Å². The SMILES string of the molecule is CCNc1ccc(Cl)c(CN(CCO)C(C)C)n1. The average molecular weight is 272 g/mol. The molecule has 1 aromatic rings. The first-order valence-corrected chi connectivity index (χ1v) is 6.70. The number of aromatic nitrogens is 1. The maximum Gasteiger partial charge on any atom is 0.126 e. The van der Waals surface area contributed by atoms with Crippen molar-refractivity contribution in [1.29, 1.82) is 0 Å². The Morgan fingerprint density at radius 2 is 2.17 bits per heavy atom. The molecule has 0 amide bonds. The van der Waals surface area contributed by atoms with Crippen molar-refractivity contribution in [2.75, 3.05) is 25.0 Å². The van der Waals surface area contributed by atoms with Crippen LogP contribution in [0.3, 0.4) is 0 Å². The number of anilines is 1. The minimum absolute atomic E-state index is 0.142. The quantitative estimate of drug-likeness (QED) is 0.799. The van der Waals surface area contributed by atoms with Gasteiger partial charge in [0.1, 0.15) is 5.82 Å². The first kappa shape index (κ1) is 15.2. The van der Waals surface area contributed by atoms with Gasteiger partial charge in [0.05, 0.1) is 17.3 Å². The minimum Gasteiger partial charge on any atom is -0.395 e. The number of pyridine rings is 1. The second-order valence-electron chi connectivity index (χ2n) is 4.44. The molecule has 0 aliphatic heterocycles. The largest absolute Gasteiger partial charge is 0.395 e. The summed E-state index contributed by atoms with van der Waals surface area (Å²) in [5.74, 6) is 0.838. The van der Waals surface area contributed by atoms with Crippen molar-refractivity contribution in [3.8, 4) is 0 Å². The van der Waals surface area contributed by atoms with Gasteiger partial charge in [-0.25, -0.2) is 4.98 Å². The third-order valence-corrected chi connectivity index (χ3v) is 3.09. The second-order valence-corrected chi connectivity index (χ2v) is 4.85. The summed E-state index contributed by atoms with van der Waals surface area (Å²) in [5.41, 5.74) is 0.845. The molecule has 102 valence electrons. The molecule has 18 heavy (non-hydrogen) atoms. The zero-order valence-electron chi connectivity index (χ0n) is 11.3. The van der Waals surface area contributed by atoms with Crippen molar-refractivity contribution in [2.24, 2.45) is 0 Å². The molecule has 0 bridgehead atoms. The summed E-state index contributed by atoms with van der Waals surface area (Å²) in [6, 6.07) is 4.08. The van der Waals surface area contributed by atoms with Gasteiger partial charge < -0.3 is 10.4 Å². The number of nitrogens with zero attached hydrogens (tertiary/aromatic N) is 2. The van der Waals surface area contributed by atoms with E-state index in [1.54, 1.807) is 0 Å². The van der Waals surface area contributed by atoms with Crippen LogP contribution in [0.15, 0.2) is 12.1 Å². The van der Waals surface area contributed by atoms with Crippen LogP contribution in [0.2, 0.25) is 5.02 Å². The van der Waals surface area contributed by atoms with Crippen molar-refractivity contribution >= 4 is 17.4 Å². The van der Waals surface area contributed by atoms with Gasteiger partial charge in [-0.3, -0.25) is 4.90 Å². The highest BCUT2D eigenvalue weighted by Gasteiger charge is 2.13. The lowest BCUT2D eigenvalue weighted by molar-refractivity contribution is 0.158. The van der Waals surface area contributed by atoms with E-state index in [0.717, 1.165) is 18.1 Å². The second kappa shape index (κ2) is 7.56. The number of halogens is 1. The van der Waals surface area contributed by atoms with Crippen LogP contribution < -0.4 is 5.32 Å². The van der Waals surface area contributed by atoms with Gasteiger partial charge in [0.2, 0.25) is 0 Å². The molecule has 0 aromatic carbocycles. The van der Waals surface area contributed by atoms with Gasteiger partial charge in [0.25, 0.3) is 0 Å². The molecule has 1 heterocycles. The monoisotopic (exact) mass is 271 g/mol. The molecule has 0 fully saturated rings. The van der Waals surface area contributed by atoms with Gasteiger partial charge >= 0.3 is 0 Å². The van der Waals surface area contributed by atoms with E-state index in [1.807, 2.05) is 19.1 Å². The molecule has 1 aromatic heterocycles. The summed E-state index contributed by atoms with van der Waals surface area (Å²) in [4.78, 5) is 6.64. The Hall–Kier alpha value is -0.840. The van der Waals surface area contributed by atoms with Crippen LogP contribution in [-0.4, -0.2) is 40.7 Å². The molecule has 5 heteroatoms. The number of hydrogen-bond acceptors (Lipinski definition) is 4. The highest BCUT2D eigenvalue weighted by atomic mass is 35.5. The standard InChI is InChI=1S/C13H22ClN3O/c1-4-15-13-6-5-11(14)12(16-13)9-17(7-8-18)10(2)3/h5-6,10,18H,4,7-9H2,1-3H3,(H,15,16). The lowest BCUT2D eigenvalue weighted by Gasteiger charge is -2.25. The number of rotatable bonds is 7. The van der Waals surface area contributed by atoms with Crippen LogP contribution in [0.25, 0.3) is 0 Å². The summed E-state index contributed by atoms with van der Waals surface area (Å²) in [5, 5.41) is 12.9. The fourth-order valence-electron chi connectivity index (χ4n) is 1.72. The van der Waals surface area contributed by atoms with E-state index in [-0.39, 0.29) is 6.61 Å². The fraction of sp³-hybridized carbons (Fsp3) is 0.615. The van der Waals surface area contributed by atoms with Gasteiger partial charge in [-0.15, -0.1) is 0 Å². The minimum atomic E-state index is 0.142. The van der Waals surface area contributed by atoms with E-state index in [9.17, 15) is 0 Å². The van der Waals surface area contributed by atoms with Crippen LogP contribution in [0, 0.1) is 0 Å². The van der Waals surface area contributed by atoms with Gasteiger partial charge in [0, 0.05) is 25.7 Å². The summed E-state index contributed by atoms with van der Waals surface area (Å²) in [7, 11) is 0. The van der Waals surface area contributed by atoms with Crippen LogP contribution in [0.5, 0.6) is 0 Å². The first-order chi connectivity index (χ1) is 8.58. The molecule has 0 radical (unpaired) electrons. The smallest absolute Gasteiger partial charge is 0.126 e. The number of aliphatic hydroxyl groups is 1. The van der Waals surface area contributed by atoms with Crippen molar-refractivity contribution in [3.05, 3.63) is 22.8 Å². The average Bonchev–Trinajstić information content (AvgIpc) is 2.33. The predicted octanol–water partition coefficient (Wildman–Crippen LogP) is 2.37. The topological polar surface area (TPSA) is 48.4 Å². The molecule has 0 aliphatic carbocycles. The Bertz CT molecular complexity index is 371. The van der Waals surface area contributed by atoms with Crippen LogP contribution in [0.1, 0.15) is 26.5 Å². The summed E-state index contributed by atoms with van der Waals surface area (Å²) >= 11 is 6.17. The normalized spacial score (nSPS) is 11.3. The van der Waals surface area contributed by atoms with Crippen molar-refractivity contribution < 1.29 is 5.11 Å². The number of aliphatic hydroxyl groups excluding tert-OH is 1. The predicted molar refractivity (Wildman–Crippen MR) is 76.0 cm³/mol. The molecule has 2 N–H and O–H groups in total. The third-order valence-electron chi connectivity index (χ3n) is 2.75. The highest BCUT2D eigenvalue weighted by Crippen LogP contribution is 2.19. The Balaban J connectivity index is 2.83. The summed E-state index contributed by atoms with van der Waals surface area (Å²) in [6.45, 7) is 8.47. The van der Waals surface area contributed by atoms with E-state index < -0.39 is 0 Å². The van der Waals surface area contributed by atoms with Gasteiger partial charge in [-0.05, 0) is 32.9 Å². The Kier molecular flexibility index (Phi) is 6.39. The van der Waals surface area contributed by atoms with E-state index in [4.69, 9.17) is 16.7 Å². The molecule has 0 aliphatic rings. The fourth-order valence-corrected chi connectivity index (χ4v) is 1.88. The van der Waals surface area contributed by atoms with E-state index in [1.165, 1.54) is 0 Å². The van der Waals surface area contributed by atoms with Crippen molar-refractivity contribution in [3.63, 3.8) is 0 Å². The van der Waals surface area contributed by atoms with Crippen LogP contribution in [-0.2, 0) is 6.54 Å². The van der Waals surface area contributed by atoms with Crippen molar-refractivity contribution in [2.45, 2.75) is 33.4 Å². The number of hydrogen-bond donors (Lipinski definition) is 2. The van der Waals surface area contributed by atoms with Gasteiger partial charge in [0.15, 0.2) is 0 Å². The molecule has 0 saturated carbocycles. The molecule has 0 spiro atoms. The molecular formula is C13H22ClN3O. The lowest BCUT2D eigenvalue weighted by atomic mass is 10.2. The highest BCUT2D eigenvalue weighted by molar-refractivity contribution is 6.31. The molecule has 0 saturated heterocycles. The lowest BCUT2D eigenvalue weighted by Crippen LogP contribution is -2.33. The van der Waals surface area contributed by atoms with Crippen LogP contribution in [0.4, 0.5) is 5.82 Å². The Morgan fingerprint density at radius 3 is 2.72 bits per heavy atom. The van der Waals surface area contributed by atoms with Crippen LogP contribution >= 0.6 is 11.6 Å². The van der Waals surface area contributed by atoms with E-state index >= 15 is 0 Å². The Labute approximate surface area is 114 Å². The van der Waals surface area contributed by atoms with Crippen molar-refractivity contribution in [1.82, 2.24) is 9.88 Å². The molecular weight excluding hydrogens is 250 g/mol. The van der Waals surface area contributed by atoms with Gasteiger partial charge in [-0.2, -0.15) is 0 Å². The third kappa shape index (κ3) is 4.44. The molecule has 0 atom stereocenters. The molecule has 0 unspecified atom stereocenters.